The highest BCUT2D eigenvalue weighted by Gasteiger charge is 2.04. The van der Waals surface area contributed by atoms with E-state index in [1.165, 1.54) is 0 Å². The molecule has 0 aliphatic rings. The summed E-state index contributed by atoms with van der Waals surface area (Å²) in [7, 11) is 3.27. The third-order valence-electron chi connectivity index (χ3n) is 3.01. The number of methoxy groups -OCH3 is 2. The summed E-state index contributed by atoms with van der Waals surface area (Å²) in [6.45, 7) is 0.917. The van der Waals surface area contributed by atoms with Gasteiger partial charge in [0.15, 0.2) is 0 Å². The maximum Gasteiger partial charge on any atom is 0.123 e. The van der Waals surface area contributed by atoms with Crippen LogP contribution in [0.15, 0.2) is 42.5 Å². The highest BCUT2D eigenvalue weighted by atomic mass is 16.5. The maximum absolute atomic E-state index is 5.75. The van der Waals surface area contributed by atoms with Crippen molar-refractivity contribution in [1.29, 1.82) is 0 Å². The summed E-state index contributed by atoms with van der Waals surface area (Å²) in [4.78, 5) is 0. The largest absolute Gasteiger partial charge is 0.497 e. The Labute approximate surface area is 119 Å². The van der Waals surface area contributed by atoms with Crippen LogP contribution in [0.2, 0.25) is 0 Å². The van der Waals surface area contributed by atoms with Crippen LogP contribution in [0.3, 0.4) is 0 Å². The number of ether oxygens (including phenoxy) is 3. The van der Waals surface area contributed by atoms with Crippen LogP contribution in [0.4, 0.5) is 0 Å². The van der Waals surface area contributed by atoms with Gasteiger partial charge in [-0.2, -0.15) is 0 Å². The van der Waals surface area contributed by atoms with Crippen molar-refractivity contribution in [3.63, 3.8) is 0 Å². The van der Waals surface area contributed by atoms with Crippen LogP contribution in [-0.4, -0.2) is 14.2 Å². The second-order valence-corrected chi connectivity index (χ2v) is 4.32. The highest BCUT2D eigenvalue weighted by Crippen LogP contribution is 2.22. The van der Waals surface area contributed by atoms with Gasteiger partial charge in [0.05, 0.1) is 14.2 Å². The summed E-state index contributed by atoms with van der Waals surface area (Å²) in [5.74, 6) is 2.35. The van der Waals surface area contributed by atoms with E-state index in [0.717, 1.165) is 28.4 Å². The molecule has 0 aliphatic heterocycles. The van der Waals surface area contributed by atoms with Gasteiger partial charge >= 0.3 is 0 Å². The summed E-state index contributed by atoms with van der Waals surface area (Å²) in [5.41, 5.74) is 7.72. The van der Waals surface area contributed by atoms with Crippen molar-refractivity contribution < 1.29 is 14.2 Å². The van der Waals surface area contributed by atoms with Crippen LogP contribution in [-0.2, 0) is 13.2 Å². The quantitative estimate of drug-likeness (QED) is 0.879. The second kappa shape index (κ2) is 6.82. The van der Waals surface area contributed by atoms with Crippen molar-refractivity contribution in [1.82, 2.24) is 0 Å². The SMILES string of the molecule is COc1cccc(OCc2ccc(OC)c(CN)c2)c1. The Kier molecular flexibility index (Phi) is 4.85. The third kappa shape index (κ3) is 3.42. The van der Waals surface area contributed by atoms with Gasteiger partial charge < -0.3 is 19.9 Å². The summed E-state index contributed by atoms with van der Waals surface area (Å²) >= 11 is 0. The van der Waals surface area contributed by atoms with Crippen molar-refractivity contribution in [3.05, 3.63) is 53.6 Å². The standard InChI is InChI=1S/C16H19NO3/c1-18-14-4-3-5-15(9-14)20-11-12-6-7-16(19-2)13(8-12)10-17/h3-9H,10-11,17H2,1-2H3. The van der Waals surface area contributed by atoms with Crippen molar-refractivity contribution in [2.24, 2.45) is 5.73 Å². The van der Waals surface area contributed by atoms with E-state index < -0.39 is 0 Å². The Bertz CT molecular complexity index is 569. The molecule has 0 fully saturated rings. The number of hydrogen-bond acceptors (Lipinski definition) is 4. The predicted molar refractivity (Wildman–Crippen MR) is 78.2 cm³/mol. The van der Waals surface area contributed by atoms with Gasteiger partial charge in [0, 0.05) is 18.2 Å². The molecule has 2 N–H and O–H groups in total. The molecule has 2 aromatic carbocycles. The molecule has 0 saturated carbocycles. The lowest BCUT2D eigenvalue weighted by molar-refractivity contribution is 0.303. The molecule has 106 valence electrons. The summed E-state index contributed by atoms with van der Waals surface area (Å²) in [5, 5.41) is 0. The first-order valence-corrected chi connectivity index (χ1v) is 6.39. The van der Waals surface area contributed by atoms with E-state index in [0.29, 0.717) is 13.2 Å². The van der Waals surface area contributed by atoms with Gasteiger partial charge in [-0.3, -0.25) is 0 Å². The minimum atomic E-state index is 0.441. The van der Waals surface area contributed by atoms with Crippen molar-refractivity contribution in [2.45, 2.75) is 13.2 Å². The van der Waals surface area contributed by atoms with E-state index in [1.807, 2.05) is 42.5 Å². The Morgan fingerprint density at radius 1 is 0.950 bits per heavy atom. The van der Waals surface area contributed by atoms with Crippen LogP contribution in [0, 0.1) is 0 Å². The number of benzene rings is 2. The second-order valence-electron chi connectivity index (χ2n) is 4.32. The minimum Gasteiger partial charge on any atom is -0.497 e. The smallest absolute Gasteiger partial charge is 0.123 e. The van der Waals surface area contributed by atoms with E-state index in [1.54, 1.807) is 14.2 Å². The summed E-state index contributed by atoms with van der Waals surface area (Å²) in [6, 6.07) is 13.4. The molecule has 0 amide bonds. The first kappa shape index (κ1) is 14.2. The first-order valence-electron chi connectivity index (χ1n) is 6.39. The van der Waals surface area contributed by atoms with E-state index in [2.05, 4.69) is 0 Å². The average molecular weight is 273 g/mol. The van der Waals surface area contributed by atoms with Crippen molar-refractivity contribution in [2.75, 3.05) is 14.2 Å². The normalized spacial score (nSPS) is 10.2. The molecule has 0 aromatic heterocycles. The van der Waals surface area contributed by atoms with Crippen LogP contribution >= 0.6 is 0 Å². The topological polar surface area (TPSA) is 53.7 Å². The van der Waals surface area contributed by atoms with Crippen LogP contribution in [0.5, 0.6) is 17.2 Å². The molecule has 0 atom stereocenters. The van der Waals surface area contributed by atoms with E-state index >= 15 is 0 Å². The zero-order chi connectivity index (χ0) is 14.4. The fraction of sp³-hybridized carbons (Fsp3) is 0.250. The van der Waals surface area contributed by atoms with Gasteiger partial charge in [0.2, 0.25) is 0 Å². The fourth-order valence-corrected chi connectivity index (χ4v) is 1.94. The lowest BCUT2D eigenvalue weighted by atomic mass is 10.1. The van der Waals surface area contributed by atoms with E-state index in [-0.39, 0.29) is 0 Å². The van der Waals surface area contributed by atoms with Crippen LogP contribution in [0.1, 0.15) is 11.1 Å². The van der Waals surface area contributed by atoms with E-state index in [9.17, 15) is 0 Å². The molecule has 2 rings (SSSR count). The van der Waals surface area contributed by atoms with E-state index in [4.69, 9.17) is 19.9 Å². The molecule has 0 spiro atoms. The molecule has 0 saturated heterocycles. The summed E-state index contributed by atoms with van der Waals surface area (Å²) in [6.07, 6.45) is 0. The Balaban J connectivity index is 2.06. The molecular weight excluding hydrogens is 254 g/mol. The number of rotatable bonds is 6. The molecule has 0 unspecified atom stereocenters. The van der Waals surface area contributed by atoms with Crippen LogP contribution < -0.4 is 19.9 Å². The molecule has 0 aliphatic carbocycles. The van der Waals surface area contributed by atoms with Gasteiger partial charge in [-0.15, -0.1) is 0 Å². The zero-order valence-corrected chi connectivity index (χ0v) is 11.8. The molecule has 0 heterocycles. The van der Waals surface area contributed by atoms with Crippen LogP contribution in [0.25, 0.3) is 0 Å². The Morgan fingerprint density at radius 2 is 1.75 bits per heavy atom. The molecule has 0 bridgehead atoms. The van der Waals surface area contributed by atoms with Crippen molar-refractivity contribution >= 4 is 0 Å². The molecular formula is C16H19NO3. The number of hydrogen-bond donors (Lipinski definition) is 1. The molecule has 4 heteroatoms. The van der Waals surface area contributed by atoms with Crippen molar-refractivity contribution in [3.8, 4) is 17.2 Å². The van der Waals surface area contributed by atoms with Gasteiger partial charge in [0.25, 0.3) is 0 Å². The highest BCUT2D eigenvalue weighted by molar-refractivity contribution is 5.37. The third-order valence-corrected chi connectivity index (χ3v) is 3.01. The first-order chi connectivity index (χ1) is 9.76. The van der Waals surface area contributed by atoms with Gasteiger partial charge in [-0.05, 0) is 29.8 Å². The van der Waals surface area contributed by atoms with Gasteiger partial charge in [-0.25, -0.2) is 0 Å². The molecule has 2 aromatic rings. The molecule has 20 heavy (non-hydrogen) atoms. The lowest BCUT2D eigenvalue weighted by Gasteiger charge is -2.11. The minimum absolute atomic E-state index is 0.441. The maximum atomic E-state index is 5.75. The monoisotopic (exact) mass is 273 g/mol. The number of nitrogens with two attached hydrogens (primary N) is 1. The lowest BCUT2D eigenvalue weighted by Crippen LogP contribution is -2.02. The zero-order valence-electron chi connectivity index (χ0n) is 11.8. The average Bonchev–Trinajstić information content (AvgIpc) is 2.52. The Hall–Kier alpha value is -2.20. The Morgan fingerprint density at radius 3 is 2.45 bits per heavy atom. The summed E-state index contributed by atoms with van der Waals surface area (Å²) < 4.78 is 16.2. The predicted octanol–water partition coefficient (Wildman–Crippen LogP) is 2.74. The van der Waals surface area contributed by atoms with Gasteiger partial charge in [0.1, 0.15) is 23.9 Å². The molecule has 4 nitrogen and oxygen atoms in total. The fourth-order valence-electron chi connectivity index (χ4n) is 1.94. The molecule has 0 radical (unpaired) electrons. The van der Waals surface area contributed by atoms with Gasteiger partial charge in [-0.1, -0.05) is 12.1 Å².